The van der Waals surface area contributed by atoms with Gasteiger partial charge in [0.2, 0.25) is 0 Å². The van der Waals surface area contributed by atoms with Crippen LogP contribution in [0, 0.1) is 12.7 Å². The number of nitrogens with one attached hydrogen (secondary N) is 1. The van der Waals surface area contributed by atoms with E-state index in [0.29, 0.717) is 36.7 Å². The molecule has 0 aliphatic heterocycles. The van der Waals surface area contributed by atoms with Crippen molar-refractivity contribution < 1.29 is 9.13 Å². The van der Waals surface area contributed by atoms with Crippen LogP contribution in [0.1, 0.15) is 22.3 Å². The number of hydrogen-bond donors (Lipinski definition) is 1. The number of benzene rings is 3. The fourth-order valence-corrected chi connectivity index (χ4v) is 3.13. The van der Waals surface area contributed by atoms with Gasteiger partial charge in [-0.15, -0.1) is 0 Å². The molecule has 1 N–H and O–H groups in total. The molecule has 0 saturated carbocycles. The Bertz CT molecular complexity index is 897. The number of halogens is 2. The van der Waals surface area contributed by atoms with Crippen LogP contribution in [0.15, 0.2) is 66.7 Å². The minimum atomic E-state index is -0.163. The molecule has 0 spiro atoms. The minimum absolute atomic E-state index is 0.163. The van der Waals surface area contributed by atoms with Gasteiger partial charge in [-0.1, -0.05) is 59.6 Å². The zero-order valence-corrected chi connectivity index (χ0v) is 16.1. The van der Waals surface area contributed by atoms with Crippen molar-refractivity contribution in [1.29, 1.82) is 0 Å². The van der Waals surface area contributed by atoms with E-state index in [4.69, 9.17) is 16.3 Å². The van der Waals surface area contributed by atoms with E-state index >= 15 is 0 Å². The molecule has 0 saturated heterocycles. The van der Waals surface area contributed by atoms with Gasteiger partial charge >= 0.3 is 0 Å². The predicted octanol–water partition coefficient (Wildman–Crippen LogP) is 5.70. The number of hydrogen-bond acceptors (Lipinski definition) is 2. The van der Waals surface area contributed by atoms with Crippen LogP contribution in [0.25, 0.3) is 0 Å². The second-order valence-corrected chi connectivity index (χ2v) is 6.98. The second-order valence-electron chi connectivity index (χ2n) is 6.55. The van der Waals surface area contributed by atoms with Crippen LogP contribution in [0.5, 0.6) is 5.75 Å². The molecule has 0 unspecified atom stereocenters. The zero-order valence-electron chi connectivity index (χ0n) is 15.3. The lowest BCUT2D eigenvalue weighted by atomic mass is 10.1. The molecular formula is C23H23ClFNO. The summed E-state index contributed by atoms with van der Waals surface area (Å²) in [7, 11) is 0. The average Bonchev–Trinajstić information content (AvgIpc) is 2.66. The molecule has 3 rings (SSSR count). The summed E-state index contributed by atoms with van der Waals surface area (Å²) in [5.74, 6) is 0.642. The van der Waals surface area contributed by atoms with Crippen molar-refractivity contribution in [2.75, 3.05) is 6.54 Å². The molecule has 4 heteroatoms. The zero-order chi connectivity index (χ0) is 19.1. The summed E-state index contributed by atoms with van der Waals surface area (Å²) in [5.41, 5.74) is 4.04. The minimum Gasteiger partial charge on any atom is -0.489 e. The Hall–Kier alpha value is -2.36. The monoisotopic (exact) mass is 383 g/mol. The van der Waals surface area contributed by atoms with Crippen LogP contribution in [0.3, 0.4) is 0 Å². The SMILES string of the molecule is Cc1cccc(COc2ccc(Cl)cc2CNCCc2ccccc2F)c1. The molecule has 0 aromatic heterocycles. The quantitative estimate of drug-likeness (QED) is 0.504. The molecule has 3 aromatic rings. The highest BCUT2D eigenvalue weighted by molar-refractivity contribution is 6.30. The topological polar surface area (TPSA) is 21.3 Å². The van der Waals surface area contributed by atoms with Crippen molar-refractivity contribution in [3.05, 3.63) is 99.8 Å². The number of ether oxygens (including phenoxy) is 1. The van der Waals surface area contributed by atoms with Crippen molar-refractivity contribution in [1.82, 2.24) is 5.32 Å². The van der Waals surface area contributed by atoms with E-state index in [1.54, 1.807) is 6.07 Å². The Morgan fingerprint density at radius 3 is 2.63 bits per heavy atom. The maximum atomic E-state index is 13.7. The van der Waals surface area contributed by atoms with Gasteiger partial charge in [-0.3, -0.25) is 0 Å². The highest BCUT2D eigenvalue weighted by Crippen LogP contribution is 2.24. The van der Waals surface area contributed by atoms with Crippen LogP contribution in [0.2, 0.25) is 5.02 Å². The molecule has 0 radical (unpaired) electrons. The van der Waals surface area contributed by atoms with Crippen LogP contribution < -0.4 is 10.1 Å². The molecule has 0 fully saturated rings. The van der Waals surface area contributed by atoms with Gasteiger partial charge in [0, 0.05) is 17.1 Å². The van der Waals surface area contributed by atoms with E-state index < -0.39 is 0 Å². The van der Waals surface area contributed by atoms with E-state index in [2.05, 4.69) is 30.4 Å². The van der Waals surface area contributed by atoms with Gasteiger partial charge in [0.25, 0.3) is 0 Å². The second kappa shape index (κ2) is 9.54. The third-order valence-electron chi connectivity index (χ3n) is 4.34. The highest BCUT2D eigenvalue weighted by Gasteiger charge is 2.06. The fourth-order valence-electron chi connectivity index (χ4n) is 2.94. The molecule has 0 bridgehead atoms. The summed E-state index contributed by atoms with van der Waals surface area (Å²) >= 11 is 6.15. The average molecular weight is 384 g/mol. The molecule has 0 atom stereocenters. The Balaban J connectivity index is 1.58. The normalized spacial score (nSPS) is 10.8. The van der Waals surface area contributed by atoms with E-state index in [-0.39, 0.29) is 5.82 Å². The fraction of sp³-hybridized carbons (Fsp3) is 0.217. The van der Waals surface area contributed by atoms with Crippen LogP contribution in [-0.4, -0.2) is 6.54 Å². The molecular weight excluding hydrogens is 361 g/mol. The van der Waals surface area contributed by atoms with Crippen molar-refractivity contribution >= 4 is 11.6 Å². The largest absolute Gasteiger partial charge is 0.489 e. The van der Waals surface area contributed by atoms with Crippen molar-refractivity contribution in [2.24, 2.45) is 0 Å². The lowest BCUT2D eigenvalue weighted by Gasteiger charge is -2.13. The number of rotatable bonds is 8. The van der Waals surface area contributed by atoms with Gasteiger partial charge in [-0.05, 0) is 55.3 Å². The van der Waals surface area contributed by atoms with Gasteiger partial charge in [-0.2, -0.15) is 0 Å². The predicted molar refractivity (Wildman–Crippen MR) is 109 cm³/mol. The maximum absolute atomic E-state index is 13.7. The summed E-state index contributed by atoms with van der Waals surface area (Å²) in [5, 5.41) is 4.02. The lowest BCUT2D eigenvalue weighted by molar-refractivity contribution is 0.302. The molecule has 140 valence electrons. The first-order valence-corrected chi connectivity index (χ1v) is 9.40. The molecule has 0 aliphatic carbocycles. The maximum Gasteiger partial charge on any atom is 0.126 e. The Kier molecular flexibility index (Phi) is 6.86. The standard InChI is InChI=1S/C23H23ClFNO/c1-17-5-4-6-18(13-17)16-27-23-10-9-21(24)14-20(23)15-26-12-11-19-7-2-3-8-22(19)25/h2-10,13-14,26H,11-12,15-16H2,1H3. The van der Waals surface area contributed by atoms with E-state index in [0.717, 1.165) is 16.9 Å². The molecule has 3 aromatic carbocycles. The Morgan fingerprint density at radius 1 is 0.963 bits per heavy atom. The summed E-state index contributed by atoms with van der Waals surface area (Å²) in [6, 6.07) is 20.7. The van der Waals surface area contributed by atoms with Gasteiger partial charge in [0.1, 0.15) is 18.2 Å². The molecule has 0 amide bonds. The van der Waals surface area contributed by atoms with Gasteiger partial charge < -0.3 is 10.1 Å². The molecule has 0 aliphatic rings. The highest BCUT2D eigenvalue weighted by atomic mass is 35.5. The summed E-state index contributed by atoms with van der Waals surface area (Å²) in [4.78, 5) is 0. The third kappa shape index (κ3) is 5.81. The van der Waals surface area contributed by atoms with Gasteiger partial charge in [0.15, 0.2) is 0 Å². The molecule has 0 heterocycles. The summed E-state index contributed by atoms with van der Waals surface area (Å²) < 4.78 is 19.7. The number of aryl methyl sites for hydroxylation is 1. The summed E-state index contributed by atoms with van der Waals surface area (Å²) in [6.07, 6.45) is 0.632. The van der Waals surface area contributed by atoms with Crippen molar-refractivity contribution in [3.63, 3.8) is 0 Å². The van der Waals surface area contributed by atoms with E-state index in [1.165, 1.54) is 11.6 Å². The first-order chi connectivity index (χ1) is 13.1. The summed E-state index contributed by atoms with van der Waals surface area (Å²) in [6.45, 7) is 3.85. The first-order valence-electron chi connectivity index (χ1n) is 9.03. The first kappa shape index (κ1) is 19.4. The Morgan fingerprint density at radius 2 is 1.81 bits per heavy atom. The van der Waals surface area contributed by atoms with Crippen LogP contribution >= 0.6 is 11.6 Å². The third-order valence-corrected chi connectivity index (χ3v) is 4.58. The van der Waals surface area contributed by atoms with Gasteiger partial charge in [-0.25, -0.2) is 4.39 Å². The van der Waals surface area contributed by atoms with Crippen LogP contribution in [0.4, 0.5) is 4.39 Å². The Labute approximate surface area is 165 Å². The van der Waals surface area contributed by atoms with Crippen molar-refractivity contribution in [3.8, 4) is 5.75 Å². The lowest BCUT2D eigenvalue weighted by Crippen LogP contribution is -2.17. The molecule has 27 heavy (non-hydrogen) atoms. The van der Waals surface area contributed by atoms with E-state index in [9.17, 15) is 4.39 Å². The van der Waals surface area contributed by atoms with E-state index in [1.807, 2.05) is 36.4 Å². The van der Waals surface area contributed by atoms with Crippen molar-refractivity contribution in [2.45, 2.75) is 26.5 Å². The van der Waals surface area contributed by atoms with Crippen LogP contribution in [-0.2, 0) is 19.6 Å². The van der Waals surface area contributed by atoms with Gasteiger partial charge in [0.05, 0.1) is 0 Å². The smallest absolute Gasteiger partial charge is 0.126 e. The molecule has 2 nitrogen and oxygen atoms in total.